The molecule has 18 heavy (non-hydrogen) atoms. The normalized spacial score (nSPS) is 15.3. The van der Waals surface area contributed by atoms with E-state index < -0.39 is 0 Å². The van der Waals surface area contributed by atoms with Gasteiger partial charge in [0.2, 0.25) is 5.91 Å². The van der Waals surface area contributed by atoms with Crippen molar-refractivity contribution < 1.29 is 9.59 Å². The van der Waals surface area contributed by atoms with Crippen molar-refractivity contribution in [1.29, 1.82) is 0 Å². The average Bonchev–Trinajstić information content (AvgIpc) is 2.71. The second-order valence-electron chi connectivity index (χ2n) is 4.38. The van der Waals surface area contributed by atoms with Crippen molar-refractivity contribution in [2.75, 3.05) is 29.4 Å². The minimum atomic E-state index is -0.101. The monoisotopic (exact) mass is 246 g/mol. The van der Waals surface area contributed by atoms with Crippen LogP contribution in [0.2, 0.25) is 0 Å². The van der Waals surface area contributed by atoms with E-state index in [0.29, 0.717) is 0 Å². The highest BCUT2D eigenvalue weighted by atomic mass is 16.2. The van der Waals surface area contributed by atoms with E-state index in [-0.39, 0.29) is 24.7 Å². The Hall–Kier alpha value is -1.84. The number of Topliss-reactive ketones (excluding diaryl/α,β-unsaturated/α-hetero) is 1. The fourth-order valence-electron chi connectivity index (χ4n) is 2.25. The molecule has 0 atom stereocenters. The third-order valence-corrected chi connectivity index (χ3v) is 3.27. The van der Waals surface area contributed by atoms with Gasteiger partial charge >= 0.3 is 0 Å². The molecule has 4 nitrogen and oxygen atoms in total. The van der Waals surface area contributed by atoms with Crippen molar-refractivity contribution in [3.63, 3.8) is 0 Å². The first-order chi connectivity index (χ1) is 8.65. The van der Waals surface area contributed by atoms with E-state index in [0.717, 1.165) is 24.5 Å². The Labute approximate surface area is 107 Å². The smallest absolute Gasteiger partial charge is 0.234 e. The molecule has 96 valence electrons. The van der Waals surface area contributed by atoms with Crippen LogP contribution in [0.1, 0.15) is 20.3 Å². The minimum absolute atomic E-state index is 0.00665. The van der Waals surface area contributed by atoms with Gasteiger partial charge in [-0.25, -0.2) is 0 Å². The highest BCUT2D eigenvalue weighted by Gasteiger charge is 2.28. The molecule has 4 heteroatoms. The molecule has 1 aliphatic heterocycles. The third-order valence-electron chi connectivity index (χ3n) is 3.27. The fraction of sp³-hybridized carbons (Fsp3) is 0.429. The predicted molar refractivity (Wildman–Crippen MR) is 72.0 cm³/mol. The molecule has 1 amide bonds. The van der Waals surface area contributed by atoms with Gasteiger partial charge in [-0.1, -0.05) is 0 Å². The Morgan fingerprint density at radius 2 is 1.72 bits per heavy atom. The van der Waals surface area contributed by atoms with E-state index in [1.165, 1.54) is 0 Å². The van der Waals surface area contributed by atoms with Crippen molar-refractivity contribution in [2.24, 2.45) is 0 Å². The molecule has 1 heterocycles. The molecule has 1 aliphatic rings. The van der Waals surface area contributed by atoms with Crippen molar-refractivity contribution >= 4 is 23.1 Å². The SMILES string of the molecule is CCN(CC)c1ccc(N2CC(=O)CC2=O)cc1. The number of carbonyl (C=O) groups excluding carboxylic acids is 2. The largest absolute Gasteiger partial charge is 0.372 e. The average molecular weight is 246 g/mol. The molecule has 0 radical (unpaired) electrons. The molecule has 1 aromatic rings. The van der Waals surface area contributed by atoms with Gasteiger partial charge in [-0.3, -0.25) is 9.59 Å². The number of carbonyl (C=O) groups is 2. The lowest BCUT2D eigenvalue weighted by molar-refractivity contribution is -0.121. The van der Waals surface area contributed by atoms with Gasteiger partial charge in [0.25, 0.3) is 0 Å². The number of amides is 1. The molecule has 0 N–H and O–H groups in total. The van der Waals surface area contributed by atoms with Crippen molar-refractivity contribution in [2.45, 2.75) is 20.3 Å². The third kappa shape index (κ3) is 2.37. The van der Waals surface area contributed by atoms with Crippen LogP contribution in [0.25, 0.3) is 0 Å². The Bertz CT molecular complexity index is 449. The standard InChI is InChI=1S/C14H18N2O2/c1-3-15(4-2)11-5-7-12(8-6-11)16-10-13(17)9-14(16)18/h5-8H,3-4,9-10H2,1-2H3. The van der Waals surface area contributed by atoms with Gasteiger partial charge in [0.1, 0.15) is 0 Å². The number of benzene rings is 1. The lowest BCUT2D eigenvalue weighted by Gasteiger charge is -2.22. The number of hydrogen-bond acceptors (Lipinski definition) is 3. The molecule has 0 spiro atoms. The maximum absolute atomic E-state index is 11.6. The Balaban J connectivity index is 2.17. The van der Waals surface area contributed by atoms with Gasteiger partial charge in [0.05, 0.1) is 13.0 Å². The molecular weight excluding hydrogens is 228 g/mol. The molecule has 0 aromatic heterocycles. The van der Waals surface area contributed by atoms with Gasteiger partial charge in [0, 0.05) is 24.5 Å². The van der Waals surface area contributed by atoms with Crippen LogP contribution in [0.4, 0.5) is 11.4 Å². The fourth-order valence-corrected chi connectivity index (χ4v) is 2.25. The van der Waals surface area contributed by atoms with Crippen LogP contribution in [0, 0.1) is 0 Å². The summed E-state index contributed by atoms with van der Waals surface area (Å²) in [6.45, 7) is 6.34. The summed E-state index contributed by atoms with van der Waals surface area (Å²) in [4.78, 5) is 26.6. The Morgan fingerprint density at radius 3 is 2.17 bits per heavy atom. The number of hydrogen-bond donors (Lipinski definition) is 0. The Kier molecular flexibility index (Phi) is 3.65. The zero-order valence-electron chi connectivity index (χ0n) is 10.8. The predicted octanol–water partition coefficient (Wildman–Crippen LogP) is 1.84. The van der Waals surface area contributed by atoms with E-state index in [4.69, 9.17) is 0 Å². The van der Waals surface area contributed by atoms with Gasteiger partial charge in [-0.05, 0) is 38.1 Å². The van der Waals surface area contributed by atoms with Crippen LogP contribution >= 0.6 is 0 Å². The Morgan fingerprint density at radius 1 is 1.11 bits per heavy atom. The molecule has 1 saturated heterocycles. The minimum Gasteiger partial charge on any atom is -0.372 e. The van der Waals surface area contributed by atoms with Crippen LogP contribution in [0.5, 0.6) is 0 Å². The maximum atomic E-state index is 11.6. The van der Waals surface area contributed by atoms with E-state index in [1.54, 1.807) is 4.90 Å². The van der Waals surface area contributed by atoms with Crippen molar-refractivity contribution in [3.05, 3.63) is 24.3 Å². The highest BCUT2D eigenvalue weighted by molar-refractivity contribution is 6.15. The number of anilines is 2. The lowest BCUT2D eigenvalue weighted by Crippen LogP contribution is -2.25. The number of rotatable bonds is 4. The van der Waals surface area contributed by atoms with E-state index in [9.17, 15) is 9.59 Å². The first-order valence-corrected chi connectivity index (χ1v) is 6.32. The molecule has 0 saturated carbocycles. The summed E-state index contributed by atoms with van der Waals surface area (Å²) >= 11 is 0. The second-order valence-corrected chi connectivity index (χ2v) is 4.38. The lowest BCUT2D eigenvalue weighted by atomic mass is 10.2. The first kappa shape index (κ1) is 12.6. The van der Waals surface area contributed by atoms with Crippen LogP contribution in [-0.4, -0.2) is 31.3 Å². The van der Waals surface area contributed by atoms with Crippen LogP contribution < -0.4 is 9.80 Å². The summed E-state index contributed by atoms with van der Waals surface area (Å²) < 4.78 is 0. The highest BCUT2D eigenvalue weighted by Crippen LogP contribution is 2.23. The first-order valence-electron chi connectivity index (χ1n) is 6.32. The second kappa shape index (κ2) is 5.21. The van der Waals surface area contributed by atoms with Gasteiger partial charge < -0.3 is 9.80 Å². The van der Waals surface area contributed by atoms with Crippen molar-refractivity contribution in [1.82, 2.24) is 0 Å². The number of nitrogens with zero attached hydrogens (tertiary/aromatic N) is 2. The molecule has 1 aromatic carbocycles. The summed E-state index contributed by atoms with van der Waals surface area (Å²) in [5.41, 5.74) is 1.95. The van der Waals surface area contributed by atoms with Gasteiger partial charge in [-0.2, -0.15) is 0 Å². The van der Waals surface area contributed by atoms with Crippen LogP contribution in [0.15, 0.2) is 24.3 Å². The van der Waals surface area contributed by atoms with E-state index in [1.807, 2.05) is 24.3 Å². The summed E-state index contributed by atoms with van der Waals surface area (Å²) in [5, 5.41) is 0. The van der Waals surface area contributed by atoms with Crippen molar-refractivity contribution in [3.8, 4) is 0 Å². The zero-order chi connectivity index (χ0) is 13.1. The summed E-state index contributed by atoms with van der Waals surface area (Å²) in [6, 6.07) is 7.81. The van der Waals surface area contributed by atoms with Gasteiger partial charge in [-0.15, -0.1) is 0 Å². The molecule has 2 rings (SSSR count). The van der Waals surface area contributed by atoms with E-state index >= 15 is 0 Å². The van der Waals surface area contributed by atoms with Crippen LogP contribution in [-0.2, 0) is 9.59 Å². The summed E-state index contributed by atoms with van der Waals surface area (Å²) in [7, 11) is 0. The number of ketones is 1. The zero-order valence-corrected chi connectivity index (χ0v) is 10.8. The molecule has 1 fully saturated rings. The van der Waals surface area contributed by atoms with E-state index in [2.05, 4.69) is 18.7 Å². The molecule has 0 unspecified atom stereocenters. The maximum Gasteiger partial charge on any atom is 0.234 e. The quantitative estimate of drug-likeness (QED) is 0.761. The topological polar surface area (TPSA) is 40.6 Å². The van der Waals surface area contributed by atoms with Gasteiger partial charge in [0.15, 0.2) is 5.78 Å². The summed E-state index contributed by atoms with van der Waals surface area (Å²) in [6.07, 6.45) is 0.0395. The van der Waals surface area contributed by atoms with Crippen LogP contribution in [0.3, 0.4) is 0 Å². The molecule has 0 aliphatic carbocycles. The summed E-state index contributed by atoms with van der Waals surface area (Å²) in [5.74, 6) is -0.108. The molecular formula is C14H18N2O2. The molecule has 0 bridgehead atoms.